The fraction of sp³-hybridized carbons (Fsp3) is 0.950. The van der Waals surface area contributed by atoms with E-state index in [-0.39, 0.29) is 0 Å². The lowest BCUT2D eigenvalue weighted by molar-refractivity contribution is -0.119. The molecular weight excluding hydrogens is 272 g/mol. The average molecular weight is 313 g/mol. The van der Waals surface area contributed by atoms with Crippen LogP contribution in [0.25, 0.3) is 0 Å². The molecule has 1 N–H and O–H groups in total. The maximum Gasteiger partial charge on any atom is 0.132 e. The molecule has 2 heteroatoms. The maximum absolute atomic E-state index is 11.6. The van der Waals surface area contributed by atoms with Gasteiger partial charge in [0, 0.05) is 19.4 Å². The number of Topliss-reactive ketones (excluding diaryl/α,β-unsaturated/α-hetero) is 1. The van der Waals surface area contributed by atoms with Crippen molar-refractivity contribution in [3.05, 3.63) is 0 Å². The number of ketones is 1. The summed E-state index contributed by atoms with van der Waals surface area (Å²) >= 11 is 0. The molecule has 0 aliphatic heterocycles. The molecule has 2 nitrogen and oxygen atoms in total. The molecule has 0 unspecified atom stereocenters. The molecule has 0 heterocycles. The minimum atomic E-state index is 0.352. The van der Waals surface area contributed by atoms with Crippen LogP contribution in [0.3, 0.4) is 0 Å². The van der Waals surface area contributed by atoms with Crippen LogP contribution >= 0.6 is 0 Å². The van der Waals surface area contributed by atoms with Gasteiger partial charge in [-0.1, -0.05) is 84.0 Å². The largest absolute Gasteiger partial charge is 0.396 e. The molecule has 0 bridgehead atoms. The molecule has 0 aliphatic carbocycles. The van der Waals surface area contributed by atoms with Gasteiger partial charge in [-0.2, -0.15) is 0 Å². The van der Waals surface area contributed by atoms with E-state index in [9.17, 15) is 4.79 Å². The van der Waals surface area contributed by atoms with E-state index < -0.39 is 0 Å². The van der Waals surface area contributed by atoms with Crippen LogP contribution in [0.1, 0.15) is 116 Å². The van der Waals surface area contributed by atoms with Crippen LogP contribution in [0.5, 0.6) is 0 Å². The molecule has 0 radical (unpaired) electrons. The Kier molecular flexibility index (Phi) is 18.4. The number of carbonyl (C=O) groups is 1. The van der Waals surface area contributed by atoms with Gasteiger partial charge >= 0.3 is 0 Å². The topological polar surface area (TPSA) is 37.3 Å². The zero-order valence-corrected chi connectivity index (χ0v) is 15.1. The molecule has 0 fully saturated rings. The average Bonchev–Trinajstić information content (AvgIpc) is 2.52. The monoisotopic (exact) mass is 312 g/mol. The van der Waals surface area contributed by atoms with E-state index >= 15 is 0 Å². The summed E-state index contributed by atoms with van der Waals surface area (Å²) in [7, 11) is 0. The minimum absolute atomic E-state index is 0.352. The highest BCUT2D eigenvalue weighted by Crippen LogP contribution is 2.13. The summed E-state index contributed by atoms with van der Waals surface area (Å²) in [5.74, 6) is 0.481. The summed E-state index contributed by atoms with van der Waals surface area (Å²) in [6.45, 7) is 2.53. The Morgan fingerprint density at radius 3 is 1.36 bits per heavy atom. The predicted molar refractivity (Wildman–Crippen MR) is 96.3 cm³/mol. The van der Waals surface area contributed by atoms with E-state index in [1.165, 1.54) is 77.0 Å². The summed E-state index contributed by atoms with van der Waals surface area (Å²) < 4.78 is 0. The second-order valence-electron chi connectivity index (χ2n) is 6.71. The summed E-state index contributed by atoms with van der Waals surface area (Å²) in [6, 6.07) is 0. The summed E-state index contributed by atoms with van der Waals surface area (Å²) in [5.41, 5.74) is 0. The number of hydrogen-bond donors (Lipinski definition) is 1. The van der Waals surface area contributed by atoms with Gasteiger partial charge < -0.3 is 5.11 Å². The van der Waals surface area contributed by atoms with Crippen LogP contribution in [0.2, 0.25) is 0 Å². The Morgan fingerprint density at radius 2 is 0.955 bits per heavy atom. The molecule has 132 valence electrons. The van der Waals surface area contributed by atoms with Crippen molar-refractivity contribution in [1.29, 1.82) is 0 Å². The quantitative estimate of drug-likeness (QED) is 0.306. The third kappa shape index (κ3) is 17.7. The molecular formula is C20H40O2. The van der Waals surface area contributed by atoms with E-state index in [2.05, 4.69) is 6.92 Å². The van der Waals surface area contributed by atoms with E-state index in [1.807, 2.05) is 0 Å². The van der Waals surface area contributed by atoms with Crippen LogP contribution in [-0.4, -0.2) is 17.5 Å². The molecule has 0 amide bonds. The highest BCUT2D eigenvalue weighted by molar-refractivity contribution is 5.78. The van der Waals surface area contributed by atoms with Gasteiger partial charge in [0.2, 0.25) is 0 Å². The van der Waals surface area contributed by atoms with Crippen molar-refractivity contribution < 1.29 is 9.90 Å². The molecule has 0 rings (SSSR count). The SMILES string of the molecule is CCCCCC(=O)CCCCCCCCCCCCCCO. The van der Waals surface area contributed by atoms with Crippen molar-refractivity contribution in [1.82, 2.24) is 0 Å². The van der Waals surface area contributed by atoms with Gasteiger partial charge in [-0.05, 0) is 19.3 Å². The number of carbonyl (C=O) groups excluding carboxylic acids is 1. The molecule has 0 aromatic rings. The van der Waals surface area contributed by atoms with Gasteiger partial charge in [-0.25, -0.2) is 0 Å². The van der Waals surface area contributed by atoms with Gasteiger partial charge in [-0.15, -0.1) is 0 Å². The Labute approximate surface area is 139 Å². The fourth-order valence-corrected chi connectivity index (χ4v) is 2.90. The molecule has 0 atom stereocenters. The first-order chi connectivity index (χ1) is 10.8. The van der Waals surface area contributed by atoms with Gasteiger partial charge in [0.1, 0.15) is 5.78 Å². The molecule has 0 saturated heterocycles. The van der Waals surface area contributed by atoms with Gasteiger partial charge in [0.25, 0.3) is 0 Å². The summed E-state index contributed by atoms with van der Waals surface area (Å²) in [5, 5.41) is 8.69. The fourth-order valence-electron chi connectivity index (χ4n) is 2.90. The third-order valence-corrected chi connectivity index (χ3v) is 4.42. The normalized spacial score (nSPS) is 11.0. The Balaban J connectivity index is 3.06. The number of aliphatic hydroxyl groups is 1. The van der Waals surface area contributed by atoms with Crippen molar-refractivity contribution in [2.75, 3.05) is 6.61 Å². The number of hydrogen-bond acceptors (Lipinski definition) is 2. The molecule has 0 saturated carbocycles. The number of unbranched alkanes of at least 4 members (excludes halogenated alkanes) is 13. The van der Waals surface area contributed by atoms with Crippen LogP contribution in [-0.2, 0) is 4.79 Å². The highest BCUT2D eigenvalue weighted by Gasteiger charge is 2.01. The van der Waals surface area contributed by atoms with Crippen molar-refractivity contribution in [2.45, 2.75) is 116 Å². The zero-order chi connectivity index (χ0) is 16.3. The minimum Gasteiger partial charge on any atom is -0.396 e. The highest BCUT2D eigenvalue weighted by atomic mass is 16.2. The number of aliphatic hydroxyl groups excluding tert-OH is 1. The molecule has 0 spiro atoms. The lowest BCUT2D eigenvalue weighted by Gasteiger charge is -2.03. The van der Waals surface area contributed by atoms with Crippen molar-refractivity contribution >= 4 is 5.78 Å². The first-order valence-corrected chi connectivity index (χ1v) is 9.93. The smallest absolute Gasteiger partial charge is 0.132 e. The first-order valence-electron chi connectivity index (χ1n) is 9.93. The predicted octanol–water partition coefficient (Wildman–Crippen LogP) is 6.20. The Bertz CT molecular complexity index is 226. The molecule has 22 heavy (non-hydrogen) atoms. The van der Waals surface area contributed by atoms with Crippen molar-refractivity contribution in [3.63, 3.8) is 0 Å². The van der Waals surface area contributed by atoms with Crippen LogP contribution in [0, 0.1) is 0 Å². The summed E-state index contributed by atoms with van der Waals surface area (Å²) in [6.07, 6.45) is 20.4. The molecule has 0 aromatic heterocycles. The molecule has 0 aliphatic rings. The molecule has 0 aromatic carbocycles. The lowest BCUT2D eigenvalue weighted by atomic mass is 10.0. The van der Waals surface area contributed by atoms with Crippen LogP contribution in [0.15, 0.2) is 0 Å². The van der Waals surface area contributed by atoms with Crippen molar-refractivity contribution in [3.8, 4) is 0 Å². The first kappa shape index (κ1) is 21.6. The van der Waals surface area contributed by atoms with Gasteiger partial charge in [-0.3, -0.25) is 4.79 Å². The van der Waals surface area contributed by atoms with Crippen LogP contribution < -0.4 is 0 Å². The van der Waals surface area contributed by atoms with E-state index in [4.69, 9.17) is 5.11 Å². The van der Waals surface area contributed by atoms with E-state index in [1.54, 1.807) is 0 Å². The lowest BCUT2D eigenvalue weighted by Crippen LogP contribution is -1.97. The maximum atomic E-state index is 11.6. The number of rotatable bonds is 18. The Morgan fingerprint density at radius 1 is 0.591 bits per heavy atom. The van der Waals surface area contributed by atoms with Crippen LogP contribution in [0.4, 0.5) is 0 Å². The Hall–Kier alpha value is -0.370. The summed E-state index contributed by atoms with van der Waals surface area (Å²) in [4.78, 5) is 11.6. The van der Waals surface area contributed by atoms with Gasteiger partial charge in [0.05, 0.1) is 0 Å². The third-order valence-electron chi connectivity index (χ3n) is 4.42. The standard InChI is InChI=1S/C20H40O2/c1-2-3-14-17-20(22)18-15-12-10-8-6-4-5-7-9-11-13-16-19-21/h21H,2-19H2,1H3. The van der Waals surface area contributed by atoms with E-state index in [0.717, 1.165) is 32.1 Å². The second-order valence-corrected chi connectivity index (χ2v) is 6.71. The van der Waals surface area contributed by atoms with Gasteiger partial charge in [0.15, 0.2) is 0 Å². The van der Waals surface area contributed by atoms with E-state index in [0.29, 0.717) is 12.4 Å². The zero-order valence-electron chi connectivity index (χ0n) is 15.1. The second kappa shape index (κ2) is 18.7. The van der Waals surface area contributed by atoms with Crippen molar-refractivity contribution in [2.24, 2.45) is 0 Å².